The van der Waals surface area contributed by atoms with Crippen LogP contribution in [0.4, 0.5) is 0 Å². The van der Waals surface area contributed by atoms with Crippen molar-refractivity contribution in [3.05, 3.63) is 46.0 Å². The molecule has 1 amide bonds. The summed E-state index contributed by atoms with van der Waals surface area (Å²) in [7, 11) is 1.11. The molecule has 7 nitrogen and oxygen atoms in total. The van der Waals surface area contributed by atoms with Gasteiger partial charge in [0, 0.05) is 24.3 Å². The number of nitrogens with zero attached hydrogens (tertiary/aromatic N) is 1. The van der Waals surface area contributed by atoms with Crippen LogP contribution in [0, 0.1) is 10.1 Å². The van der Waals surface area contributed by atoms with Crippen LogP contribution in [0.25, 0.3) is 0 Å². The summed E-state index contributed by atoms with van der Waals surface area (Å²) >= 11 is 0. The maximum Gasteiger partial charge on any atom is 0.335 e. The van der Waals surface area contributed by atoms with E-state index in [9.17, 15) is 19.7 Å². The Balaban J connectivity index is 3.00. The second-order valence-corrected chi connectivity index (χ2v) is 4.71. The Hall–Kier alpha value is -2.44. The second-order valence-electron chi connectivity index (χ2n) is 4.71. The Morgan fingerprint density at radius 2 is 1.85 bits per heavy atom. The Kier molecular flexibility index (Phi) is 4.79. The molecule has 108 valence electrons. The minimum atomic E-state index is -1.68. The number of benzene rings is 1. The Morgan fingerprint density at radius 1 is 1.30 bits per heavy atom. The molecule has 0 saturated heterocycles. The van der Waals surface area contributed by atoms with Crippen molar-refractivity contribution < 1.29 is 19.2 Å². The number of esters is 1. The normalized spacial score (nSPS) is 12.3. The number of hydrogen-bond acceptors (Lipinski definition) is 5. The van der Waals surface area contributed by atoms with Crippen molar-refractivity contribution in [2.24, 2.45) is 0 Å². The van der Waals surface area contributed by atoms with E-state index in [2.05, 4.69) is 10.1 Å². The number of rotatable bonds is 5. The number of methoxy groups -OCH3 is 1. The van der Waals surface area contributed by atoms with E-state index in [0.29, 0.717) is 5.56 Å². The molecule has 0 heterocycles. The van der Waals surface area contributed by atoms with E-state index in [1.165, 1.54) is 13.8 Å². The van der Waals surface area contributed by atoms with Crippen molar-refractivity contribution in [2.45, 2.75) is 25.4 Å². The van der Waals surface area contributed by atoms with Crippen LogP contribution in [0.1, 0.15) is 24.2 Å². The molecule has 1 N–H and O–H groups in total. The van der Waals surface area contributed by atoms with Crippen LogP contribution in [0.15, 0.2) is 30.3 Å². The summed E-state index contributed by atoms with van der Waals surface area (Å²) < 4.78 is 4.53. The zero-order chi connectivity index (χ0) is 15.3. The van der Waals surface area contributed by atoms with Gasteiger partial charge in [0.2, 0.25) is 5.54 Å². The summed E-state index contributed by atoms with van der Waals surface area (Å²) in [6.45, 7) is 2.50. The zero-order valence-electron chi connectivity index (χ0n) is 11.5. The van der Waals surface area contributed by atoms with Crippen LogP contribution in [-0.4, -0.2) is 35.5 Å². The van der Waals surface area contributed by atoms with Crippen molar-refractivity contribution in [2.75, 3.05) is 7.11 Å². The fourth-order valence-corrected chi connectivity index (χ4v) is 1.55. The van der Waals surface area contributed by atoms with Crippen LogP contribution < -0.4 is 5.32 Å². The van der Waals surface area contributed by atoms with Crippen molar-refractivity contribution in [3.63, 3.8) is 0 Å². The molecule has 0 aliphatic carbocycles. The summed E-state index contributed by atoms with van der Waals surface area (Å²) in [6, 6.07) is 6.75. The van der Waals surface area contributed by atoms with Crippen molar-refractivity contribution in [3.8, 4) is 0 Å². The van der Waals surface area contributed by atoms with Gasteiger partial charge < -0.3 is 10.1 Å². The van der Waals surface area contributed by atoms with Gasteiger partial charge in [0.05, 0.1) is 7.11 Å². The van der Waals surface area contributed by atoms with Gasteiger partial charge in [-0.3, -0.25) is 14.9 Å². The first kappa shape index (κ1) is 15.6. The molecular weight excluding hydrogens is 264 g/mol. The smallest absolute Gasteiger partial charge is 0.335 e. The Labute approximate surface area is 116 Å². The predicted molar refractivity (Wildman–Crippen MR) is 70.8 cm³/mol. The van der Waals surface area contributed by atoms with Crippen LogP contribution in [0.3, 0.4) is 0 Å². The second kappa shape index (κ2) is 6.14. The van der Waals surface area contributed by atoms with Crippen LogP contribution >= 0.6 is 0 Å². The molecule has 0 spiro atoms. The van der Waals surface area contributed by atoms with E-state index >= 15 is 0 Å². The van der Waals surface area contributed by atoms with E-state index < -0.39 is 28.4 Å². The average molecular weight is 280 g/mol. The largest absolute Gasteiger partial charge is 0.467 e. The lowest BCUT2D eigenvalue weighted by Crippen LogP contribution is -2.58. The summed E-state index contributed by atoms with van der Waals surface area (Å²) in [5, 5.41) is 13.4. The number of carbonyl (C=O) groups is 2. The maximum atomic E-state index is 12.0. The van der Waals surface area contributed by atoms with E-state index in [0.717, 1.165) is 7.11 Å². The van der Waals surface area contributed by atoms with Crippen molar-refractivity contribution >= 4 is 11.9 Å². The van der Waals surface area contributed by atoms with Gasteiger partial charge >= 0.3 is 5.97 Å². The van der Waals surface area contributed by atoms with Crippen LogP contribution in [0.5, 0.6) is 0 Å². The summed E-state index contributed by atoms with van der Waals surface area (Å²) in [5.74, 6) is -1.44. The molecule has 0 fully saturated rings. The molecule has 0 radical (unpaired) electrons. The van der Waals surface area contributed by atoms with Gasteiger partial charge in [-0.1, -0.05) is 18.2 Å². The highest BCUT2D eigenvalue weighted by Gasteiger charge is 2.47. The van der Waals surface area contributed by atoms with Crippen LogP contribution in [-0.2, 0) is 9.53 Å². The van der Waals surface area contributed by atoms with Gasteiger partial charge in [-0.2, -0.15) is 0 Å². The number of carbonyl (C=O) groups excluding carboxylic acids is 2. The number of ether oxygens (including phenoxy) is 1. The molecule has 1 aromatic carbocycles. The molecule has 20 heavy (non-hydrogen) atoms. The number of nitro groups is 1. The summed E-state index contributed by atoms with van der Waals surface area (Å²) in [5.41, 5.74) is -1.38. The molecule has 1 rings (SSSR count). The summed E-state index contributed by atoms with van der Waals surface area (Å²) in [6.07, 6.45) is 0. The lowest BCUT2D eigenvalue weighted by atomic mass is 9.95. The highest BCUT2D eigenvalue weighted by molar-refractivity contribution is 5.97. The maximum absolute atomic E-state index is 12.0. The highest BCUT2D eigenvalue weighted by atomic mass is 16.6. The van der Waals surface area contributed by atoms with Gasteiger partial charge in [0.1, 0.15) is 0 Å². The third-order valence-corrected chi connectivity index (χ3v) is 2.93. The molecule has 0 bridgehead atoms. The first-order valence-electron chi connectivity index (χ1n) is 5.89. The zero-order valence-corrected chi connectivity index (χ0v) is 11.5. The number of hydrogen-bond donors (Lipinski definition) is 1. The minimum Gasteiger partial charge on any atom is -0.467 e. The van der Waals surface area contributed by atoms with Crippen LogP contribution in [0.2, 0.25) is 0 Å². The van der Waals surface area contributed by atoms with Gasteiger partial charge in [0.15, 0.2) is 6.04 Å². The monoisotopic (exact) mass is 280 g/mol. The van der Waals surface area contributed by atoms with Gasteiger partial charge in [-0.05, 0) is 12.1 Å². The van der Waals surface area contributed by atoms with E-state index in [4.69, 9.17) is 0 Å². The van der Waals surface area contributed by atoms with Crippen molar-refractivity contribution in [1.29, 1.82) is 0 Å². The van der Waals surface area contributed by atoms with Gasteiger partial charge in [0.25, 0.3) is 5.91 Å². The molecule has 0 aliphatic rings. The topological polar surface area (TPSA) is 98.5 Å². The summed E-state index contributed by atoms with van der Waals surface area (Å²) in [4.78, 5) is 34.1. The Morgan fingerprint density at radius 3 is 2.30 bits per heavy atom. The lowest BCUT2D eigenvalue weighted by Gasteiger charge is -2.25. The first-order valence-corrected chi connectivity index (χ1v) is 5.89. The molecule has 1 aromatic rings. The number of nitrogens with one attached hydrogen (secondary N) is 1. The molecule has 1 atom stereocenters. The average Bonchev–Trinajstić information content (AvgIpc) is 2.44. The van der Waals surface area contributed by atoms with Gasteiger partial charge in [-0.25, -0.2) is 4.79 Å². The number of amides is 1. The third-order valence-electron chi connectivity index (χ3n) is 2.93. The molecule has 0 saturated carbocycles. The fraction of sp³-hybridized carbons (Fsp3) is 0.385. The third kappa shape index (κ3) is 3.31. The van der Waals surface area contributed by atoms with E-state index in [-0.39, 0.29) is 0 Å². The van der Waals surface area contributed by atoms with Gasteiger partial charge in [-0.15, -0.1) is 0 Å². The van der Waals surface area contributed by atoms with E-state index in [1.807, 2.05) is 0 Å². The fourth-order valence-electron chi connectivity index (χ4n) is 1.55. The van der Waals surface area contributed by atoms with Crippen molar-refractivity contribution in [1.82, 2.24) is 5.32 Å². The quantitative estimate of drug-likeness (QED) is 0.493. The minimum absolute atomic E-state index is 0.306. The van der Waals surface area contributed by atoms with E-state index in [1.54, 1.807) is 30.3 Å². The first-order chi connectivity index (χ1) is 9.30. The standard InChI is InChI=1S/C13H16N2O5/c1-13(2,15(18)19)10(12(17)20-3)14-11(16)9-7-5-4-6-8-9/h4-8,10H,1-3H3,(H,14,16). The highest BCUT2D eigenvalue weighted by Crippen LogP contribution is 2.16. The Bertz CT molecular complexity index is 513. The molecular formula is C13H16N2O5. The SMILES string of the molecule is COC(=O)C(NC(=O)c1ccccc1)C(C)(C)[N+](=O)[O-]. The molecule has 0 aliphatic heterocycles. The molecule has 1 unspecified atom stereocenters. The lowest BCUT2D eigenvalue weighted by molar-refractivity contribution is -0.562. The molecule has 0 aromatic heterocycles. The molecule has 7 heteroatoms. The predicted octanol–water partition coefficient (Wildman–Crippen LogP) is 1.01.